The Bertz CT molecular complexity index is 467. The van der Waals surface area contributed by atoms with Crippen molar-refractivity contribution in [3.05, 3.63) is 11.9 Å². The van der Waals surface area contributed by atoms with Crippen LogP contribution < -0.4 is 16.2 Å². The van der Waals surface area contributed by atoms with Crippen LogP contribution in [-0.2, 0) is 11.3 Å². The van der Waals surface area contributed by atoms with Gasteiger partial charge in [0.15, 0.2) is 5.82 Å². The van der Waals surface area contributed by atoms with Crippen LogP contribution in [0, 0.1) is 5.92 Å². The smallest absolute Gasteiger partial charge is 0.158 e. The molecule has 110 valence electrons. The van der Waals surface area contributed by atoms with Gasteiger partial charge in [-0.15, -0.1) is 0 Å². The molecule has 1 aromatic heterocycles. The molecule has 1 saturated carbocycles. The average Bonchev–Trinajstić information content (AvgIpc) is 2.95. The number of methoxy groups -OCH3 is 1. The highest BCUT2D eigenvalue weighted by Crippen LogP contribution is 2.38. The van der Waals surface area contributed by atoms with Gasteiger partial charge in [0.2, 0.25) is 0 Å². The maximum Gasteiger partial charge on any atom is 0.158 e. The first-order valence-corrected chi connectivity index (χ1v) is 7.42. The zero-order valence-electron chi connectivity index (χ0n) is 12.0. The Balaban J connectivity index is 1.89. The van der Waals surface area contributed by atoms with E-state index in [9.17, 15) is 0 Å². The highest BCUT2D eigenvalue weighted by Gasteiger charge is 2.35. The van der Waals surface area contributed by atoms with Gasteiger partial charge in [-0.25, -0.2) is 15.8 Å². The first-order valence-electron chi connectivity index (χ1n) is 7.42. The summed E-state index contributed by atoms with van der Waals surface area (Å²) in [5.74, 6) is 8.67. The number of ether oxygens (including phenoxy) is 1. The number of nitrogens with two attached hydrogens (primary N) is 1. The van der Waals surface area contributed by atoms with E-state index in [2.05, 4.69) is 20.3 Å². The van der Waals surface area contributed by atoms with Gasteiger partial charge in [-0.2, -0.15) is 0 Å². The highest BCUT2D eigenvalue weighted by molar-refractivity contribution is 5.50. The lowest BCUT2D eigenvalue weighted by molar-refractivity contribution is 0.178. The fourth-order valence-corrected chi connectivity index (χ4v) is 3.64. The average molecular weight is 277 g/mol. The molecule has 6 nitrogen and oxygen atoms in total. The van der Waals surface area contributed by atoms with Crippen molar-refractivity contribution < 1.29 is 4.74 Å². The summed E-state index contributed by atoms with van der Waals surface area (Å²) in [7, 11) is 1.65. The molecule has 1 aromatic rings. The second-order valence-corrected chi connectivity index (χ2v) is 5.70. The lowest BCUT2D eigenvalue weighted by atomic mass is 9.92. The molecule has 0 spiro atoms. The van der Waals surface area contributed by atoms with Crippen molar-refractivity contribution in [3.8, 4) is 0 Å². The second kappa shape index (κ2) is 5.93. The van der Waals surface area contributed by atoms with Gasteiger partial charge in [0.1, 0.15) is 18.2 Å². The Labute approximate surface area is 119 Å². The van der Waals surface area contributed by atoms with Gasteiger partial charge in [-0.1, -0.05) is 6.42 Å². The molecule has 3 N–H and O–H groups in total. The number of nitrogens with zero attached hydrogens (tertiary/aromatic N) is 3. The zero-order chi connectivity index (χ0) is 13.9. The minimum Gasteiger partial charge on any atom is -0.377 e. The number of hydrogen-bond acceptors (Lipinski definition) is 6. The van der Waals surface area contributed by atoms with Crippen LogP contribution >= 0.6 is 0 Å². The molecular formula is C14H23N5O. The maximum atomic E-state index is 5.52. The van der Waals surface area contributed by atoms with E-state index in [-0.39, 0.29) is 0 Å². The largest absolute Gasteiger partial charge is 0.377 e. The van der Waals surface area contributed by atoms with E-state index >= 15 is 0 Å². The van der Waals surface area contributed by atoms with E-state index in [1.807, 2.05) is 6.07 Å². The number of nitrogens with one attached hydrogen (secondary N) is 1. The van der Waals surface area contributed by atoms with Gasteiger partial charge in [0, 0.05) is 25.8 Å². The Kier molecular flexibility index (Phi) is 4.03. The standard InChI is InChI=1S/C14H23N5O/c1-20-9-13-16-12(18-15)8-14(17-13)19-7-3-5-10-4-2-6-11(10)19/h8,10-11H,2-7,9,15H2,1H3,(H,16,17,18). The maximum absolute atomic E-state index is 5.52. The summed E-state index contributed by atoms with van der Waals surface area (Å²) in [4.78, 5) is 11.4. The molecule has 0 bridgehead atoms. The van der Waals surface area contributed by atoms with Crippen LogP contribution in [0.3, 0.4) is 0 Å². The van der Waals surface area contributed by atoms with Gasteiger partial charge in [0.25, 0.3) is 0 Å². The van der Waals surface area contributed by atoms with Crippen molar-refractivity contribution >= 4 is 11.6 Å². The molecule has 1 aliphatic carbocycles. The van der Waals surface area contributed by atoms with Crippen molar-refractivity contribution in [3.63, 3.8) is 0 Å². The molecule has 6 heteroatoms. The van der Waals surface area contributed by atoms with Gasteiger partial charge in [-0.3, -0.25) is 0 Å². The predicted octanol–water partition coefficient (Wildman–Crippen LogP) is 1.68. The number of anilines is 2. The van der Waals surface area contributed by atoms with Crippen molar-refractivity contribution in [1.29, 1.82) is 0 Å². The molecule has 2 fully saturated rings. The molecule has 0 aromatic carbocycles. The van der Waals surface area contributed by atoms with E-state index in [0.29, 0.717) is 24.3 Å². The summed E-state index contributed by atoms with van der Waals surface area (Å²) in [6, 6.07) is 2.58. The first kappa shape index (κ1) is 13.6. The topological polar surface area (TPSA) is 76.3 Å². The van der Waals surface area contributed by atoms with Crippen LogP contribution in [0.4, 0.5) is 11.6 Å². The molecule has 2 unspecified atom stereocenters. The van der Waals surface area contributed by atoms with Gasteiger partial charge in [0.05, 0.1) is 0 Å². The molecule has 20 heavy (non-hydrogen) atoms. The quantitative estimate of drug-likeness (QED) is 0.644. The van der Waals surface area contributed by atoms with Crippen molar-refractivity contribution in [1.82, 2.24) is 9.97 Å². The molecule has 2 heterocycles. The zero-order valence-corrected chi connectivity index (χ0v) is 12.0. The molecule has 0 radical (unpaired) electrons. The Hall–Kier alpha value is -1.40. The van der Waals surface area contributed by atoms with E-state index in [1.54, 1.807) is 7.11 Å². The van der Waals surface area contributed by atoms with E-state index in [1.165, 1.54) is 32.1 Å². The molecule has 0 amide bonds. The molecule has 1 saturated heterocycles. The van der Waals surface area contributed by atoms with Crippen LogP contribution in [0.2, 0.25) is 0 Å². The van der Waals surface area contributed by atoms with Crippen molar-refractivity contribution in [2.24, 2.45) is 11.8 Å². The predicted molar refractivity (Wildman–Crippen MR) is 78.3 cm³/mol. The molecule has 2 atom stereocenters. The monoisotopic (exact) mass is 277 g/mol. The summed E-state index contributed by atoms with van der Waals surface area (Å²) < 4.78 is 5.14. The van der Waals surface area contributed by atoms with E-state index in [0.717, 1.165) is 18.3 Å². The van der Waals surface area contributed by atoms with Crippen LogP contribution in [0.25, 0.3) is 0 Å². The normalized spacial score (nSPS) is 25.6. The number of hydrogen-bond donors (Lipinski definition) is 2. The fourth-order valence-electron chi connectivity index (χ4n) is 3.64. The lowest BCUT2D eigenvalue weighted by Gasteiger charge is -2.38. The summed E-state index contributed by atoms with van der Waals surface area (Å²) in [5, 5.41) is 0. The van der Waals surface area contributed by atoms with Gasteiger partial charge < -0.3 is 15.1 Å². The fraction of sp³-hybridized carbons (Fsp3) is 0.714. The van der Waals surface area contributed by atoms with E-state index in [4.69, 9.17) is 10.6 Å². The Morgan fingerprint density at radius 2 is 2.20 bits per heavy atom. The van der Waals surface area contributed by atoms with Gasteiger partial charge in [-0.05, 0) is 31.6 Å². The molecule has 1 aliphatic heterocycles. The highest BCUT2D eigenvalue weighted by atomic mass is 16.5. The number of fused-ring (bicyclic) bond motifs is 1. The number of aromatic nitrogens is 2. The number of nitrogen functional groups attached to an aromatic ring is 1. The Morgan fingerprint density at radius 1 is 1.35 bits per heavy atom. The summed E-state index contributed by atoms with van der Waals surface area (Å²) in [6.07, 6.45) is 6.58. The van der Waals surface area contributed by atoms with Crippen LogP contribution in [0.15, 0.2) is 6.07 Å². The third-order valence-corrected chi connectivity index (χ3v) is 4.47. The van der Waals surface area contributed by atoms with Crippen LogP contribution in [0.5, 0.6) is 0 Å². The number of rotatable bonds is 4. The third-order valence-electron chi connectivity index (χ3n) is 4.47. The molecule has 3 rings (SSSR count). The number of hydrazine groups is 1. The summed E-state index contributed by atoms with van der Waals surface area (Å²) >= 11 is 0. The van der Waals surface area contributed by atoms with E-state index < -0.39 is 0 Å². The van der Waals surface area contributed by atoms with Crippen LogP contribution in [-0.4, -0.2) is 29.7 Å². The van der Waals surface area contributed by atoms with Crippen LogP contribution in [0.1, 0.15) is 37.9 Å². The summed E-state index contributed by atoms with van der Waals surface area (Å²) in [6.45, 7) is 1.49. The summed E-state index contributed by atoms with van der Waals surface area (Å²) in [5.41, 5.74) is 2.63. The van der Waals surface area contributed by atoms with Gasteiger partial charge >= 0.3 is 0 Å². The minimum absolute atomic E-state index is 0.407. The van der Waals surface area contributed by atoms with Crippen molar-refractivity contribution in [2.45, 2.75) is 44.8 Å². The first-order chi connectivity index (χ1) is 9.81. The SMILES string of the molecule is COCc1nc(NN)cc(N2CCCC3CCCC32)n1. The third kappa shape index (κ3) is 2.58. The number of piperidine rings is 1. The Morgan fingerprint density at radius 3 is 3.00 bits per heavy atom. The molecular weight excluding hydrogens is 254 g/mol. The lowest BCUT2D eigenvalue weighted by Crippen LogP contribution is -2.43. The molecule has 2 aliphatic rings. The van der Waals surface area contributed by atoms with Crippen molar-refractivity contribution in [2.75, 3.05) is 24.0 Å². The minimum atomic E-state index is 0.407. The second-order valence-electron chi connectivity index (χ2n) is 5.70.